The molecular formula is C16H16FN3O4S. The van der Waals surface area contributed by atoms with Crippen molar-refractivity contribution in [3.05, 3.63) is 28.2 Å². The van der Waals surface area contributed by atoms with Gasteiger partial charge in [0.1, 0.15) is 10.8 Å². The third-order valence-corrected chi connectivity index (χ3v) is 5.64. The van der Waals surface area contributed by atoms with Crippen LogP contribution in [0.15, 0.2) is 22.0 Å². The van der Waals surface area contributed by atoms with Crippen molar-refractivity contribution in [2.45, 2.75) is 17.3 Å². The van der Waals surface area contributed by atoms with Gasteiger partial charge in [0.15, 0.2) is 0 Å². The summed E-state index contributed by atoms with van der Waals surface area (Å²) in [6, 6.07) is 2.87. The summed E-state index contributed by atoms with van der Waals surface area (Å²) in [4.78, 5) is 25.4. The van der Waals surface area contributed by atoms with Crippen LogP contribution < -0.4 is 20.4 Å². The van der Waals surface area contributed by atoms with Gasteiger partial charge in [-0.15, -0.1) is 0 Å². The first kappa shape index (κ1) is 16.2. The van der Waals surface area contributed by atoms with Gasteiger partial charge in [0, 0.05) is 26.2 Å². The topological polar surface area (TPSA) is 83.8 Å². The van der Waals surface area contributed by atoms with Gasteiger partial charge in [-0.25, -0.2) is 9.18 Å². The molecular weight excluding hydrogens is 349 g/mol. The largest absolute Gasteiger partial charge is 0.511 e. The Bertz CT molecular complexity index is 939. The Morgan fingerprint density at radius 2 is 2.12 bits per heavy atom. The number of ether oxygens (including phenoxy) is 1. The van der Waals surface area contributed by atoms with Crippen LogP contribution in [-0.2, 0) is 0 Å². The molecule has 2 aliphatic heterocycles. The zero-order chi connectivity index (χ0) is 17.7. The molecule has 0 amide bonds. The number of carboxylic acid groups (broad SMARTS) is 1. The molecule has 1 aromatic heterocycles. The van der Waals surface area contributed by atoms with Gasteiger partial charge in [-0.3, -0.25) is 4.79 Å². The third-order valence-electron chi connectivity index (χ3n) is 4.48. The van der Waals surface area contributed by atoms with Crippen LogP contribution in [0, 0.1) is 5.82 Å². The number of anilines is 1. The summed E-state index contributed by atoms with van der Waals surface area (Å²) < 4.78 is 21.1. The molecule has 2 aromatic rings. The first-order chi connectivity index (χ1) is 12.0. The first-order valence-corrected chi connectivity index (χ1v) is 8.80. The minimum absolute atomic E-state index is 0.00980. The number of carbonyl (C=O) groups is 1. The van der Waals surface area contributed by atoms with E-state index in [1.54, 1.807) is 6.07 Å². The number of thioether (sulfide) groups is 1. The predicted molar refractivity (Wildman–Crippen MR) is 92.5 cm³/mol. The lowest BCUT2D eigenvalue weighted by molar-refractivity contribution is 0.142. The first-order valence-electron chi connectivity index (χ1n) is 7.92. The van der Waals surface area contributed by atoms with Gasteiger partial charge < -0.3 is 24.6 Å². The fourth-order valence-corrected chi connectivity index (χ4v) is 4.43. The van der Waals surface area contributed by atoms with Gasteiger partial charge in [0.2, 0.25) is 11.2 Å². The number of hydrogen-bond acceptors (Lipinski definition) is 6. The van der Waals surface area contributed by atoms with Gasteiger partial charge in [-0.1, -0.05) is 11.8 Å². The van der Waals surface area contributed by atoms with Crippen molar-refractivity contribution in [1.82, 2.24) is 9.88 Å². The molecule has 25 heavy (non-hydrogen) atoms. The quantitative estimate of drug-likeness (QED) is 0.790. The van der Waals surface area contributed by atoms with E-state index in [9.17, 15) is 14.0 Å². The number of halogens is 1. The number of rotatable bonds is 2. The van der Waals surface area contributed by atoms with Crippen LogP contribution in [0.4, 0.5) is 14.9 Å². The second-order valence-electron chi connectivity index (χ2n) is 5.98. The van der Waals surface area contributed by atoms with Crippen LogP contribution in [0.1, 0.15) is 12.3 Å². The summed E-state index contributed by atoms with van der Waals surface area (Å²) in [5.41, 5.74) is 0.451. The summed E-state index contributed by atoms with van der Waals surface area (Å²) in [7, 11) is 0. The summed E-state index contributed by atoms with van der Waals surface area (Å²) in [5, 5.41) is 12.7. The standard InChI is InChI=1S/C16H16FN3O4S/c1-8-20-11-7-12(19-4-2-18-3-5-19)10(17)6-9(11)13(21)14(15(20)25-8)24-16(22)23/h6-8,18H,2-5H2,1H3,(H,22,23). The molecule has 1 fully saturated rings. The molecule has 4 rings (SSSR count). The number of piperazine rings is 1. The molecule has 1 aromatic carbocycles. The lowest BCUT2D eigenvalue weighted by Gasteiger charge is -2.34. The summed E-state index contributed by atoms with van der Waals surface area (Å²) in [6.07, 6.45) is -1.56. The van der Waals surface area contributed by atoms with Crippen LogP contribution in [0.5, 0.6) is 5.75 Å². The van der Waals surface area contributed by atoms with Crippen molar-refractivity contribution in [3.8, 4) is 5.75 Å². The van der Waals surface area contributed by atoms with E-state index in [0.717, 1.165) is 13.1 Å². The molecule has 7 nitrogen and oxygen atoms in total. The highest BCUT2D eigenvalue weighted by atomic mass is 32.2. The lowest BCUT2D eigenvalue weighted by atomic mass is 10.1. The highest BCUT2D eigenvalue weighted by molar-refractivity contribution is 8.00. The number of aromatic nitrogens is 1. The third kappa shape index (κ3) is 2.54. The van der Waals surface area contributed by atoms with E-state index in [4.69, 9.17) is 5.11 Å². The molecule has 0 saturated carbocycles. The summed E-state index contributed by atoms with van der Waals surface area (Å²) in [5.74, 6) is -0.745. The Hall–Kier alpha value is -2.26. The van der Waals surface area contributed by atoms with Gasteiger partial charge in [-0.2, -0.15) is 0 Å². The monoisotopic (exact) mass is 365 g/mol. The average Bonchev–Trinajstić information content (AvgIpc) is 2.58. The van der Waals surface area contributed by atoms with E-state index >= 15 is 0 Å². The number of benzene rings is 1. The fraction of sp³-hybridized carbons (Fsp3) is 0.375. The van der Waals surface area contributed by atoms with Crippen LogP contribution in [0.25, 0.3) is 10.9 Å². The van der Waals surface area contributed by atoms with E-state index in [2.05, 4.69) is 10.1 Å². The second-order valence-corrected chi connectivity index (χ2v) is 7.28. The Morgan fingerprint density at radius 3 is 2.76 bits per heavy atom. The molecule has 0 radical (unpaired) electrons. The number of nitrogens with one attached hydrogen (secondary N) is 1. The number of nitrogens with zero attached hydrogens (tertiary/aromatic N) is 2. The van der Waals surface area contributed by atoms with Crippen LogP contribution in [-0.4, -0.2) is 42.0 Å². The molecule has 0 aliphatic carbocycles. The van der Waals surface area contributed by atoms with Crippen molar-refractivity contribution in [3.63, 3.8) is 0 Å². The molecule has 1 saturated heterocycles. The number of fused-ring (bicyclic) bond motifs is 3. The molecule has 3 heterocycles. The summed E-state index contributed by atoms with van der Waals surface area (Å²) in [6.45, 7) is 4.84. The fourth-order valence-electron chi connectivity index (χ4n) is 3.33. The number of pyridine rings is 1. The summed E-state index contributed by atoms with van der Waals surface area (Å²) >= 11 is 1.35. The molecule has 2 N–H and O–H groups in total. The Kier molecular flexibility index (Phi) is 3.84. The van der Waals surface area contributed by atoms with Gasteiger partial charge in [0.25, 0.3) is 0 Å². The Labute approximate surface area is 146 Å². The van der Waals surface area contributed by atoms with Crippen molar-refractivity contribution < 1.29 is 19.0 Å². The van der Waals surface area contributed by atoms with Crippen LogP contribution >= 0.6 is 11.8 Å². The van der Waals surface area contributed by atoms with E-state index < -0.39 is 17.4 Å². The SMILES string of the molecule is CC1Sc2c(OC(=O)O)c(=O)c3cc(F)c(N4CCNCC4)cc3n21. The van der Waals surface area contributed by atoms with Crippen molar-refractivity contribution in [2.75, 3.05) is 31.1 Å². The van der Waals surface area contributed by atoms with Crippen molar-refractivity contribution in [1.29, 1.82) is 0 Å². The van der Waals surface area contributed by atoms with E-state index in [1.165, 1.54) is 17.8 Å². The van der Waals surface area contributed by atoms with Gasteiger partial charge in [-0.05, 0) is 19.1 Å². The van der Waals surface area contributed by atoms with Crippen LogP contribution in [0.3, 0.4) is 0 Å². The van der Waals surface area contributed by atoms with E-state index in [1.807, 2.05) is 16.4 Å². The Morgan fingerprint density at radius 1 is 1.40 bits per heavy atom. The minimum Gasteiger partial charge on any atom is -0.449 e. The van der Waals surface area contributed by atoms with Crippen LogP contribution in [0.2, 0.25) is 0 Å². The molecule has 9 heteroatoms. The molecule has 132 valence electrons. The van der Waals surface area contributed by atoms with Crippen molar-refractivity contribution in [2.24, 2.45) is 0 Å². The normalized spacial score (nSPS) is 19.4. The molecule has 1 atom stereocenters. The van der Waals surface area contributed by atoms with E-state index in [-0.39, 0.29) is 16.5 Å². The molecule has 1 unspecified atom stereocenters. The Balaban J connectivity index is 1.94. The predicted octanol–water partition coefficient (Wildman–Crippen LogP) is 2.23. The number of hydrogen-bond donors (Lipinski definition) is 2. The lowest BCUT2D eigenvalue weighted by Crippen LogP contribution is -2.44. The zero-order valence-corrected chi connectivity index (χ0v) is 14.2. The van der Waals surface area contributed by atoms with E-state index in [0.29, 0.717) is 29.3 Å². The van der Waals surface area contributed by atoms with Gasteiger partial charge >= 0.3 is 6.16 Å². The maximum absolute atomic E-state index is 14.7. The highest BCUT2D eigenvalue weighted by Gasteiger charge is 2.32. The van der Waals surface area contributed by atoms with Crippen molar-refractivity contribution >= 4 is 34.5 Å². The maximum atomic E-state index is 14.7. The zero-order valence-electron chi connectivity index (χ0n) is 13.4. The molecule has 2 aliphatic rings. The highest BCUT2D eigenvalue weighted by Crippen LogP contribution is 2.49. The smallest absolute Gasteiger partial charge is 0.449 e. The average molecular weight is 365 g/mol. The van der Waals surface area contributed by atoms with Gasteiger partial charge in [0.05, 0.1) is 22.0 Å². The second kappa shape index (κ2) is 5.92. The minimum atomic E-state index is -1.56. The maximum Gasteiger partial charge on any atom is 0.511 e. The molecule has 0 spiro atoms. The molecule has 0 bridgehead atoms.